The second-order valence-corrected chi connectivity index (χ2v) is 6.45. The van der Waals surface area contributed by atoms with E-state index in [4.69, 9.17) is 4.74 Å². The molecule has 20 heavy (non-hydrogen) atoms. The molecular formula is C14H24N2O3S. The molecule has 0 heterocycles. The molecule has 0 radical (unpaired) electrons. The third-order valence-electron chi connectivity index (χ3n) is 2.90. The van der Waals surface area contributed by atoms with Crippen molar-refractivity contribution in [2.75, 3.05) is 20.3 Å². The van der Waals surface area contributed by atoms with E-state index in [1.165, 1.54) is 0 Å². The van der Waals surface area contributed by atoms with E-state index >= 15 is 0 Å². The number of hydrogen-bond donors (Lipinski definition) is 2. The Morgan fingerprint density at radius 1 is 1.35 bits per heavy atom. The molecule has 1 atom stereocenters. The largest absolute Gasteiger partial charge is 0.385 e. The maximum atomic E-state index is 12.3. The van der Waals surface area contributed by atoms with Crippen molar-refractivity contribution in [1.29, 1.82) is 0 Å². The van der Waals surface area contributed by atoms with Crippen LogP contribution >= 0.6 is 0 Å². The van der Waals surface area contributed by atoms with Crippen LogP contribution in [0, 0.1) is 0 Å². The van der Waals surface area contributed by atoms with E-state index < -0.39 is 10.0 Å². The summed E-state index contributed by atoms with van der Waals surface area (Å²) in [7, 11) is -1.87. The summed E-state index contributed by atoms with van der Waals surface area (Å²) in [6, 6.07) is 6.84. The van der Waals surface area contributed by atoms with Gasteiger partial charge in [0.15, 0.2) is 0 Å². The zero-order valence-electron chi connectivity index (χ0n) is 12.3. The van der Waals surface area contributed by atoms with Crippen LogP contribution in [-0.2, 0) is 21.3 Å². The van der Waals surface area contributed by atoms with E-state index in [-0.39, 0.29) is 6.04 Å². The van der Waals surface area contributed by atoms with Crippen LogP contribution in [0.1, 0.15) is 25.8 Å². The number of sulfonamides is 1. The van der Waals surface area contributed by atoms with Crippen LogP contribution < -0.4 is 10.0 Å². The van der Waals surface area contributed by atoms with Crippen molar-refractivity contribution >= 4 is 10.0 Å². The van der Waals surface area contributed by atoms with Gasteiger partial charge in [-0.1, -0.05) is 19.1 Å². The molecule has 1 unspecified atom stereocenters. The molecule has 1 aromatic rings. The van der Waals surface area contributed by atoms with Crippen LogP contribution in [0.2, 0.25) is 0 Å². The predicted octanol–water partition coefficient (Wildman–Crippen LogP) is 1.50. The molecule has 114 valence electrons. The molecule has 1 rings (SSSR count). The summed E-state index contributed by atoms with van der Waals surface area (Å²) in [5.74, 6) is 0. The summed E-state index contributed by atoms with van der Waals surface area (Å²) in [6.45, 7) is 5.89. The quantitative estimate of drug-likeness (QED) is 0.725. The lowest BCUT2D eigenvalue weighted by molar-refractivity contribution is 0.188. The van der Waals surface area contributed by atoms with Gasteiger partial charge in [-0.15, -0.1) is 0 Å². The third-order valence-corrected chi connectivity index (χ3v) is 4.49. The number of methoxy groups -OCH3 is 1. The second-order valence-electron chi connectivity index (χ2n) is 4.73. The van der Waals surface area contributed by atoms with Gasteiger partial charge in [0.25, 0.3) is 0 Å². The van der Waals surface area contributed by atoms with Gasteiger partial charge in [-0.3, -0.25) is 0 Å². The lowest BCUT2D eigenvalue weighted by Crippen LogP contribution is -2.33. The highest BCUT2D eigenvalue weighted by Gasteiger charge is 2.17. The maximum absolute atomic E-state index is 12.3. The summed E-state index contributed by atoms with van der Waals surface area (Å²) >= 11 is 0. The molecule has 0 amide bonds. The van der Waals surface area contributed by atoms with E-state index in [1.54, 1.807) is 25.3 Å². The van der Waals surface area contributed by atoms with Crippen LogP contribution in [0.5, 0.6) is 0 Å². The fraction of sp³-hybridized carbons (Fsp3) is 0.571. The first-order valence-corrected chi connectivity index (χ1v) is 8.29. The number of benzene rings is 1. The topological polar surface area (TPSA) is 67.4 Å². The molecule has 0 aliphatic rings. The highest BCUT2D eigenvalue weighted by atomic mass is 32.2. The lowest BCUT2D eigenvalue weighted by atomic mass is 10.2. The second kappa shape index (κ2) is 8.36. The lowest BCUT2D eigenvalue weighted by Gasteiger charge is -2.14. The van der Waals surface area contributed by atoms with Crippen LogP contribution in [0.4, 0.5) is 0 Å². The van der Waals surface area contributed by atoms with Crippen molar-refractivity contribution < 1.29 is 13.2 Å². The molecule has 1 aromatic carbocycles. The Hall–Kier alpha value is -0.950. The van der Waals surface area contributed by atoms with E-state index in [1.807, 2.05) is 19.9 Å². The van der Waals surface area contributed by atoms with Crippen molar-refractivity contribution in [2.24, 2.45) is 0 Å². The Balaban J connectivity index is 2.76. The Morgan fingerprint density at radius 2 is 2.10 bits per heavy atom. The van der Waals surface area contributed by atoms with Gasteiger partial charge in [0, 0.05) is 26.3 Å². The summed E-state index contributed by atoms with van der Waals surface area (Å²) in [6.07, 6.45) is 0.646. The van der Waals surface area contributed by atoms with Gasteiger partial charge < -0.3 is 10.1 Å². The average molecular weight is 300 g/mol. The molecule has 0 aliphatic heterocycles. The van der Waals surface area contributed by atoms with Crippen LogP contribution in [0.3, 0.4) is 0 Å². The SMILES string of the molecule is CCNCc1cccc(S(=O)(=O)NC(C)CCOC)c1. The van der Waals surface area contributed by atoms with Crippen molar-refractivity contribution in [3.63, 3.8) is 0 Å². The Kier molecular flexibility index (Phi) is 7.15. The molecule has 0 spiro atoms. The van der Waals surface area contributed by atoms with Gasteiger partial charge in [-0.25, -0.2) is 13.1 Å². The van der Waals surface area contributed by atoms with Crippen molar-refractivity contribution in [3.8, 4) is 0 Å². The van der Waals surface area contributed by atoms with Crippen molar-refractivity contribution in [3.05, 3.63) is 29.8 Å². The molecule has 5 nitrogen and oxygen atoms in total. The molecule has 0 bridgehead atoms. The standard InChI is InChI=1S/C14H24N2O3S/c1-4-15-11-13-6-5-7-14(10-13)20(17,18)16-12(2)8-9-19-3/h5-7,10,12,15-16H,4,8-9,11H2,1-3H3. The smallest absolute Gasteiger partial charge is 0.240 e. The van der Waals surface area contributed by atoms with Gasteiger partial charge in [0.1, 0.15) is 0 Å². The highest BCUT2D eigenvalue weighted by Crippen LogP contribution is 2.12. The summed E-state index contributed by atoms with van der Waals surface area (Å²) < 4.78 is 32.1. The van der Waals surface area contributed by atoms with Crippen LogP contribution in [0.15, 0.2) is 29.2 Å². The first-order valence-electron chi connectivity index (χ1n) is 6.80. The number of nitrogens with one attached hydrogen (secondary N) is 2. The van der Waals surface area contributed by atoms with E-state index in [2.05, 4.69) is 10.0 Å². The molecule has 0 aliphatic carbocycles. The zero-order chi connectivity index (χ0) is 15.0. The summed E-state index contributed by atoms with van der Waals surface area (Å²) in [5, 5.41) is 3.18. The number of ether oxygens (including phenoxy) is 1. The Bertz CT molecular complexity index is 503. The first kappa shape index (κ1) is 17.1. The molecule has 0 saturated carbocycles. The Labute approximate surface area is 121 Å². The van der Waals surface area contributed by atoms with E-state index in [0.717, 1.165) is 12.1 Å². The molecule has 0 aromatic heterocycles. The predicted molar refractivity (Wildman–Crippen MR) is 80.1 cm³/mol. The van der Waals surface area contributed by atoms with Gasteiger partial charge in [-0.05, 0) is 37.6 Å². The molecular weight excluding hydrogens is 276 g/mol. The van der Waals surface area contributed by atoms with Gasteiger partial charge in [0.05, 0.1) is 4.90 Å². The molecule has 0 fully saturated rings. The van der Waals surface area contributed by atoms with Crippen LogP contribution in [0.25, 0.3) is 0 Å². The molecule has 6 heteroatoms. The maximum Gasteiger partial charge on any atom is 0.240 e. The fourth-order valence-electron chi connectivity index (χ4n) is 1.78. The monoisotopic (exact) mass is 300 g/mol. The fourth-order valence-corrected chi connectivity index (χ4v) is 3.13. The average Bonchev–Trinajstić information content (AvgIpc) is 2.42. The molecule has 2 N–H and O–H groups in total. The van der Waals surface area contributed by atoms with E-state index in [9.17, 15) is 8.42 Å². The van der Waals surface area contributed by atoms with Gasteiger partial charge in [-0.2, -0.15) is 0 Å². The normalized spacial score (nSPS) is 13.3. The summed E-state index contributed by atoms with van der Waals surface area (Å²) in [5.41, 5.74) is 0.958. The minimum absolute atomic E-state index is 0.155. The van der Waals surface area contributed by atoms with Gasteiger partial charge in [0.2, 0.25) is 10.0 Å². The number of rotatable bonds is 9. The number of hydrogen-bond acceptors (Lipinski definition) is 4. The highest BCUT2D eigenvalue weighted by molar-refractivity contribution is 7.89. The molecule has 0 saturated heterocycles. The van der Waals surface area contributed by atoms with Crippen molar-refractivity contribution in [2.45, 2.75) is 37.8 Å². The van der Waals surface area contributed by atoms with E-state index in [0.29, 0.717) is 24.5 Å². The van der Waals surface area contributed by atoms with Crippen LogP contribution in [-0.4, -0.2) is 34.7 Å². The minimum atomic E-state index is -3.47. The summed E-state index contributed by atoms with van der Waals surface area (Å²) in [4.78, 5) is 0.303. The van der Waals surface area contributed by atoms with Crippen molar-refractivity contribution in [1.82, 2.24) is 10.0 Å². The minimum Gasteiger partial charge on any atom is -0.385 e. The van der Waals surface area contributed by atoms with Gasteiger partial charge >= 0.3 is 0 Å². The Morgan fingerprint density at radius 3 is 2.75 bits per heavy atom. The first-order chi connectivity index (χ1) is 9.49. The zero-order valence-corrected chi connectivity index (χ0v) is 13.2. The third kappa shape index (κ3) is 5.58.